The minimum absolute atomic E-state index is 0.00728. The Morgan fingerprint density at radius 3 is 2.51 bits per heavy atom. The van der Waals surface area contributed by atoms with Gasteiger partial charge in [-0.15, -0.1) is 0 Å². The van der Waals surface area contributed by atoms with Crippen molar-refractivity contribution >= 4 is 29.6 Å². The number of ether oxygens (including phenoxy) is 3. The second-order valence-corrected chi connectivity index (χ2v) is 11.9. The molecule has 0 spiro atoms. The molecule has 41 heavy (non-hydrogen) atoms. The van der Waals surface area contributed by atoms with Crippen molar-refractivity contribution in [2.24, 2.45) is 28.6 Å². The third-order valence-electron chi connectivity index (χ3n) is 9.29. The summed E-state index contributed by atoms with van der Waals surface area (Å²) in [6, 6.07) is 10.9. The van der Waals surface area contributed by atoms with Gasteiger partial charge in [0.05, 0.1) is 18.4 Å². The van der Waals surface area contributed by atoms with Gasteiger partial charge in [-0.3, -0.25) is 24.0 Å². The summed E-state index contributed by atoms with van der Waals surface area (Å²) in [5.74, 6) is -4.41. The van der Waals surface area contributed by atoms with E-state index >= 15 is 0 Å². The van der Waals surface area contributed by atoms with Gasteiger partial charge in [-0.2, -0.15) is 0 Å². The molecule has 10 heteroatoms. The van der Waals surface area contributed by atoms with E-state index in [9.17, 15) is 24.0 Å². The van der Waals surface area contributed by atoms with E-state index in [0.29, 0.717) is 24.8 Å². The number of furan rings is 1. The normalized spacial score (nSPS) is 32.6. The molecule has 218 valence electrons. The van der Waals surface area contributed by atoms with Crippen LogP contribution in [-0.4, -0.2) is 42.2 Å². The highest BCUT2D eigenvalue weighted by atomic mass is 16.6. The first kappa shape index (κ1) is 28.6. The van der Waals surface area contributed by atoms with Gasteiger partial charge in [0.15, 0.2) is 11.9 Å². The Labute approximate surface area is 238 Å². The lowest BCUT2D eigenvalue weighted by atomic mass is 9.43. The second-order valence-electron chi connectivity index (χ2n) is 11.9. The zero-order valence-corrected chi connectivity index (χ0v) is 23.4. The number of carbonyl (C=O) groups is 5. The first-order valence-electron chi connectivity index (χ1n) is 13.9. The summed E-state index contributed by atoms with van der Waals surface area (Å²) in [5, 5.41) is 2.69. The molecule has 1 aliphatic heterocycles. The monoisotopic (exact) mass is 565 g/mol. The molecule has 5 rings (SSSR count). The number of esters is 3. The van der Waals surface area contributed by atoms with E-state index < -0.39 is 64.6 Å². The molecular formula is C31H35NO9. The number of hydrogen-bond donors (Lipinski definition) is 1. The van der Waals surface area contributed by atoms with Crippen molar-refractivity contribution < 1.29 is 42.6 Å². The number of ketones is 1. The van der Waals surface area contributed by atoms with E-state index in [-0.39, 0.29) is 25.4 Å². The number of hydrogen-bond acceptors (Lipinski definition) is 9. The molecule has 10 nitrogen and oxygen atoms in total. The summed E-state index contributed by atoms with van der Waals surface area (Å²) >= 11 is 0. The minimum atomic E-state index is -1.15. The van der Waals surface area contributed by atoms with Crippen LogP contribution < -0.4 is 5.32 Å². The molecule has 1 N–H and O–H groups in total. The number of cyclic esters (lactones) is 1. The van der Waals surface area contributed by atoms with E-state index in [1.807, 2.05) is 44.2 Å². The van der Waals surface area contributed by atoms with Crippen molar-refractivity contribution in [2.75, 3.05) is 6.54 Å². The number of amides is 1. The van der Waals surface area contributed by atoms with Crippen LogP contribution in [0.4, 0.5) is 0 Å². The Balaban J connectivity index is 1.39. The molecule has 2 aliphatic carbocycles. The van der Waals surface area contributed by atoms with Crippen molar-refractivity contribution in [2.45, 2.75) is 65.3 Å². The van der Waals surface area contributed by atoms with Crippen LogP contribution in [0.2, 0.25) is 0 Å². The maximum absolute atomic E-state index is 14.1. The molecule has 1 saturated heterocycles. The molecule has 2 saturated carbocycles. The van der Waals surface area contributed by atoms with Gasteiger partial charge in [0, 0.05) is 30.7 Å². The van der Waals surface area contributed by atoms with Crippen molar-refractivity contribution in [3.05, 3.63) is 60.1 Å². The Morgan fingerprint density at radius 2 is 1.83 bits per heavy atom. The lowest BCUT2D eigenvalue weighted by Gasteiger charge is -2.61. The number of carbonyl (C=O) groups excluding carboxylic acids is 5. The topological polar surface area (TPSA) is 138 Å². The fourth-order valence-electron chi connectivity index (χ4n) is 7.43. The van der Waals surface area contributed by atoms with Gasteiger partial charge in [-0.1, -0.05) is 44.2 Å². The number of benzene rings is 1. The quantitative estimate of drug-likeness (QED) is 0.393. The minimum Gasteiger partial charge on any atom is -0.472 e. The highest BCUT2D eigenvalue weighted by Gasteiger charge is 2.67. The Bertz CT molecular complexity index is 1320. The average molecular weight is 566 g/mol. The van der Waals surface area contributed by atoms with Crippen LogP contribution in [0.3, 0.4) is 0 Å². The van der Waals surface area contributed by atoms with E-state index in [0.717, 1.165) is 5.56 Å². The molecule has 3 fully saturated rings. The van der Waals surface area contributed by atoms with Crippen LogP contribution in [0.1, 0.15) is 63.7 Å². The zero-order valence-electron chi connectivity index (χ0n) is 23.4. The molecule has 3 aliphatic rings. The number of Topliss-reactive ketones (excluding diaryl/α,β-unsaturated/α-hetero) is 1. The first-order chi connectivity index (χ1) is 19.5. The maximum Gasteiger partial charge on any atom is 0.325 e. The zero-order chi connectivity index (χ0) is 29.4. The Hall–Kier alpha value is -3.95. The Kier molecular flexibility index (Phi) is 7.76. The van der Waals surface area contributed by atoms with Crippen molar-refractivity contribution in [3.63, 3.8) is 0 Å². The first-order valence-corrected chi connectivity index (χ1v) is 13.9. The van der Waals surface area contributed by atoms with Crippen molar-refractivity contribution in [1.29, 1.82) is 0 Å². The van der Waals surface area contributed by atoms with E-state index in [1.165, 1.54) is 19.5 Å². The molecule has 1 aromatic heterocycles. The maximum atomic E-state index is 14.1. The van der Waals surface area contributed by atoms with Crippen molar-refractivity contribution in [3.8, 4) is 0 Å². The van der Waals surface area contributed by atoms with Gasteiger partial charge in [0.1, 0.15) is 19.3 Å². The van der Waals surface area contributed by atoms with Gasteiger partial charge in [0.25, 0.3) is 0 Å². The summed E-state index contributed by atoms with van der Waals surface area (Å²) in [4.78, 5) is 65.4. The molecule has 1 amide bonds. The third-order valence-corrected chi connectivity index (χ3v) is 9.29. The van der Waals surface area contributed by atoms with Crippen LogP contribution in [0.25, 0.3) is 0 Å². The van der Waals surface area contributed by atoms with Crippen LogP contribution in [-0.2, 0) is 44.8 Å². The molecule has 0 unspecified atom stereocenters. The standard InChI is InChI=1S/C31H35NO9/c1-18(33)40-23-13-22(28(36)32-15-25(34)39-16-19-7-5-4-6-8-19)30(2)11-9-21-29(37)41-24(20-10-12-38-17-20)14-31(21,3)27(30)26(23)35/h4-8,10,12,17,21-24,27H,9,11,13-16H2,1-3H3,(H,32,36)/t21-,22+,23+,24+,27+,30+,31+/m1/s1. The summed E-state index contributed by atoms with van der Waals surface area (Å²) in [7, 11) is 0. The number of fused-ring (bicyclic) bond motifs is 3. The van der Waals surface area contributed by atoms with E-state index in [4.69, 9.17) is 18.6 Å². The second kappa shape index (κ2) is 11.1. The van der Waals surface area contributed by atoms with E-state index in [2.05, 4.69) is 5.32 Å². The molecule has 0 bridgehead atoms. The SMILES string of the molecule is CC(=O)O[C@H]1C[C@@H](C(=O)NCC(=O)OCc2ccccc2)[C@]2(C)CC[C@@H]3C(=O)O[C@H](c4ccoc4)C[C@]3(C)[C@H]2C1=O. The molecule has 2 heterocycles. The van der Waals surface area contributed by atoms with Gasteiger partial charge < -0.3 is 23.9 Å². The molecule has 1 aromatic carbocycles. The van der Waals surface area contributed by atoms with Crippen LogP contribution in [0, 0.1) is 28.6 Å². The van der Waals surface area contributed by atoms with Gasteiger partial charge in [-0.05, 0) is 41.7 Å². The molecule has 7 atom stereocenters. The fourth-order valence-corrected chi connectivity index (χ4v) is 7.43. The lowest BCUT2D eigenvalue weighted by Crippen LogP contribution is -2.65. The molecular weight excluding hydrogens is 530 g/mol. The summed E-state index contributed by atoms with van der Waals surface area (Å²) < 4.78 is 21.7. The third kappa shape index (κ3) is 5.39. The molecule has 2 aromatic rings. The predicted molar refractivity (Wildman–Crippen MR) is 143 cm³/mol. The van der Waals surface area contributed by atoms with Crippen molar-refractivity contribution in [1.82, 2.24) is 5.32 Å². The summed E-state index contributed by atoms with van der Waals surface area (Å²) in [6.07, 6.45) is 2.45. The van der Waals surface area contributed by atoms with Gasteiger partial charge in [-0.25, -0.2) is 0 Å². The predicted octanol–water partition coefficient (Wildman–Crippen LogP) is 3.69. The number of rotatable bonds is 7. The molecule has 0 radical (unpaired) electrons. The summed E-state index contributed by atoms with van der Waals surface area (Å²) in [6.45, 7) is 4.75. The fraction of sp³-hybridized carbons (Fsp3) is 0.516. The largest absolute Gasteiger partial charge is 0.472 e. The van der Waals surface area contributed by atoms with Crippen LogP contribution in [0.15, 0.2) is 53.3 Å². The smallest absolute Gasteiger partial charge is 0.325 e. The van der Waals surface area contributed by atoms with Gasteiger partial charge in [0.2, 0.25) is 5.91 Å². The lowest BCUT2D eigenvalue weighted by molar-refractivity contribution is -0.207. The van der Waals surface area contributed by atoms with E-state index in [1.54, 1.807) is 6.07 Å². The average Bonchev–Trinajstić information content (AvgIpc) is 3.47. The highest BCUT2D eigenvalue weighted by Crippen LogP contribution is 2.65. The highest BCUT2D eigenvalue weighted by molar-refractivity contribution is 5.94. The number of nitrogens with one attached hydrogen (secondary N) is 1. The summed E-state index contributed by atoms with van der Waals surface area (Å²) in [5.41, 5.74) is -0.209. The van der Waals surface area contributed by atoms with Crippen LogP contribution in [0.5, 0.6) is 0 Å². The van der Waals surface area contributed by atoms with Crippen LogP contribution >= 0.6 is 0 Å². The Morgan fingerprint density at radius 1 is 1.07 bits per heavy atom. The van der Waals surface area contributed by atoms with Gasteiger partial charge >= 0.3 is 17.9 Å².